The van der Waals surface area contributed by atoms with Gasteiger partial charge in [-0.15, -0.1) is 0 Å². The lowest BCUT2D eigenvalue weighted by atomic mass is 10.1. The number of amides is 1. The number of benzene rings is 2. The Balaban J connectivity index is 1.35. The normalized spacial score (nSPS) is 17.3. The van der Waals surface area contributed by atoms with Gasteiger partial charge >= 0.3 is 0 Å². The van der Waals surface area contributed by atoms with Crippen molar-refractivity contribution < 1.29 is 9.72 Å². The average Bonchev–Trinajstić information content (AvgIpc) is 3.36. The number of nitrogens with one attached hydrogen (secondary N) is 1. The average molecular weight is 472 g/mol. The van der Waals surface area contributed by atoms with E-state index in [1.807, 2.05) is 18.2 Å². The Labute approximate surface area is 199 Å². The predicted octanol–water partition coefficient (Wildman–Crippen LogP) is 3.71. The summed E-state index contributed by atoms with van der Waals surface area (Å²) in [5.41, 5.74) is 1.44. The van der Waals surface area contributed by atoms with Crippen LogP contribution in [0.4, 0.5) is 11.4 Å². The van der Waals surface area contributed by atoms with E-state index in [1.54, 1.807) is 23.1 Å². The minimum Gasteiger partial charge on any atom is -0.375 e. The Bertz CT molecular complexity index is 988. The summed E-state index contributed by atoms with van der Waals surface area (Å²) in [6, 6.07) is 12.0. The van der Waals surface area contributed by atoms with Crippen molar-refractivity contribution in [2.75, 3.05) is 57.7 Å². The molecule has 2 aromatic carbocycles. The van der Waals surface area contributed by atoms with Crippen molar-refractivity contribution >= 4 is 28.9 Å². The third-order valence-corrected chi connectivity index (χ3v) is 6.83. The van der Waals surface area contributed by atoms with E-state index in [9.17, 15) is 14.9 Å². The maximum absolute atomic E-state index is 13.0. The zero-order valence-electron chi connectivity index (χ0n) is 18.7. The van der Waals surface area contributed by atoms with Crippen LogP contribution in [0.2, 0.25) is 5.02 Å². The molecule has 1 N–H and O–H groups in total. The fraction of sp³-hybridized carbons (Fsp3) is 0.458. The van der Waals surface area contributed by atoms with Crippen LogP contribution in [0.25, 0.3) is 0 Å². The second-order valence-electron chi connectivity index (χ2n) is 8.62. The Kier molecular flexibility index (Phi) is 7.80. The summed E-state index contributed by atoms with van der Waals surface area (Å²) in [4.78, 5) is 30.9. The highest BCUT2D eigenvalue weighted by Gasteiger charge is 2.25. The standard InChI is InChI=1S/C24H30ClN5O3/c25-21-6-2-1-5-20(21)18-26-22-8-7-19(17-23(22)30(32)33)24(31)29-15-13-28(14-16-29)12-11-27-9-3-4-10-27/h1-2,5-8,17,26H,3-4,9-16,18H2. The lowest BCUT2D eigenvalue weighted by Crippen LogP contribution is -2.50. The van der Waals surface area contributed by atoms with Crippen LogP contribution in [0.1, 0.15) is 28.8 Å². The molecule has 2 heterocycles. The fourth-order valence-electron chi connectivity index (χ4n) is 4.44. The number of anilines is 1. The first kappa shape index (κ1) is 23.5. The highest BCUT2D eigenvalue weighted by Crippen LogP contribution is 2.28. The number of hydrogen-bond donors (Lipinski definition) is 1. The molecular formula is C24H30ClN5O3. The van der Waals surface area contributed by atoms with Crippen molar-refractivity contribution in [3.05, 3.63) is 68.7 Å². The maximum Gasteiger partial charge on any atom is 0.293 e. The Morgan fingerprint density at radius 1 is 0.970 bits per heavy atom. The quantitative estimate of drug-likeness (QED) is 0.467. The first-order valence-electron chi connectivity index (χ1n) is 11.5. The molecule has 0 radical (unpaired) electrons. The molecular weight excluding hydrogens is 442 g/mol. The lowest BCUT2D eigenvalue weighted by molar-refractivity contribution is -0.384. The number of carbonyl (C=O) groups is 1. The molecule has 2 fully saturated rings. The molecule has 1 amide bonds. The van der Waals surface area contributed by atoms with E-state index in [4.69, 9.17) is 11.6 Å². The van der Waals surface area contributed by atoms with Gasteiger partial charge < -0.3 is 15.1 Å². The largest absolute Gasteiger partial charge is 0.375 e. The minimum absolute atomic E-state index is 0.114. The molecule has 2 aliphatic rings. The fourth-order valence-corrected chi connectivity index (χ4v) is 4.65. The van der Waals surface area contributed by atoms with Crippen LogP contribution in [0.3, 0.4) is 0 Å². The van der Waals surface area contributed by atoms with Crippen molar-refractivity contribution in [3.8, 4) is 0 Å². The van der Waals surface area contributed by atoms with Crippen LogP contribution in [-0.4, -0.2) is 77.9 Å². The van der Waals surface area contributed by atoms with E-state index < -0.39 is 4.92 Å². The molecule has 8 nitrogen and oxygen atoms in total. The van der Waals surface area contributed by atoms with Gasteiger partial charge in [0, 0.05) is 62.5 Å². The molecule has 9 heteroatoms. The number of halogens is 1. The van der Waals surface area contributed by atoms with Crippen LogP contribution < -0.4 is 5.32 Å². The molecule has 0 saturated carbocycles. The Morgan fingerprint density at radius 3 is 2.30 bits per heavy atom. The molecule has 2 aromatic rings. The van der Waals surface area contributed by atoms with Crippen molar-refractivity contribution in [2.24, 2.45) is 0 Å². The van der Waals surface area contributed by atoms with Crippen LogP contribution in [0.5, 0.6) is 0 Å². The summed E-state index contributed by atoms with van der Waals surface area (Å²) < 4.78 is 0. The number of rotatable bonds is 8. The summed E-state index contributed by atoms with van der Waals surface area (Å²) in [7, 11) is 0. The third kappa shape index (κ3) is 6.01. The van der Waals surface area contributed by atoms with Crippen LogP contribution in [-0.2, 0) is 6.54 Å². The number of nitro benzene ring substituents is 1. The van der Waals surface area contributed by atoms with Gasteiger partial charge in [0.05, 0.1) is 4.92 Å². The van der Waals surface area contributed by atoms with Gasteiger partial charge in [-0.25, -0.2) is 0 Å². The minimum atomic E-state index is -0.456. The highest BCUT2D eigenvalue weighted by atomic mass is 35.5. The summed E-state index contributed by atoms with van der Waals surface area (Å²) >= 11 is 6.18. The topological polar surface area (TPSA) is 82.0 Å². The first-order valence-corrected chi connectivity index (χ1v) is 11.9. The number of piperazine rings is 1. The molecule has 2 aliphatic heterocycles. The second kappa shape index (κ2) is 11.0. The van der Waals surface area contributed by atoms with Gasteiger partial charge in [0.2, 0.25) is 0 Å². The molecule has 2 saturated heterocycles. The van der Waals surface area contributed by atoms with Gasteiger partial charge in [0.15, 0.2) is 0 Å². The van der Waals surface area contributed by atoms with Gasteiger partial charge in [0.25, 0.3) is 11.6 Å². The van der Waals surface area contributed by atoms with Gasteiger partial charge in [0.1, 0.15) is 5.69 Å². The highest BCUT2D eigenvalue weighted by molar-refractivity contribution is 6.31. The van der Waals surface area contributed by atoms with E-state index >= 15 is 0 Å². The molecule has 0 aromatic heterocycles. The van der Waals surface area contributed by atoms with Crippen molar-refractivity contribution in [1.82, 2.24) is 14.7 Å². The molecule has 4 rings (SSSR count). The number of carbonyl (C=O) groups excluding carboxylic acids is 1. The molecule has 0 bridgehead atoms. The number of nitrogens with zero attached hydrogens (tertiary/aromatic N) is 4. The summed E-state index contributed by atoms with van der Waals surface area (Å²) in [5, 5.41) is 15.4. The molecule has 176 valence electrons. The van der Waals surface area contributed by atoms with Crippen LogP contribution in [0, 0.1) is 10.1 Å². The van der Waals surface area contributed by atoms with E-state index in [2.05, 4.69) is 15.1 Å². The second-order valence-corrected chi connectivity index (χ2v) is 9.02. The SMILES string of the molecule is O=C(c1ccc(NCc2ccccc2Cl)c([N+](=O)[O-])c1)N1CCN(CCN2CCCC2)CC1. The summed E-state index contributed by atoms with van der Waals surface area (Å²) in [6.07, 6.45) is 2.59. The third-order valence-electron chi connectivity index (χ3n) is 6.46. The van der Waals surface area contributed by atoms with Crippen molar-refractivity contribution in [1.29, 1.82) is 0 Å². The number of likely N-dealkylation sites (tertiary alicyclic amines) is 1. The smallest absolute Gasteiger partial charge is 0.293 e. The first-order chi connectivity index (χ1) is 16.0. The molecule has 0 unspecified atom stereocenters. The summed E-state index contributed by atoms with van der Waals surface area (Å²) in [5.74, 6) is -0.157. The molecule has 0 spiro atoms. The Morgan fingerprint density at radius 2 is 1.64 bits per heavy atom. The van der Waals surface area contributed by atoms with Gasteiger partial charge in [-0.05, 0) is 49.7 Å². The van der Waals surface area contributed by atoms with Gasteiger partial charge in [-0.1, -0.05) is 29.8 Å². The monoisotopic (exact) mass is 471 g/mol. The summed E-state index contributed by atoms with van der Waals surface area (Å²) in [6.45, 7) is 7.80. The zero-order chi connectivity index (χ0) is 23.2. The maximum atomic E-state index is 13.0. The van der Waals surface area contributed by atoms with E-state index in [0.717, 1.165) is 31.7 Å². The lowest BCUT2D eigenvalue weighted by Gasteiger charge is -2.35. The Hall–Kier alpha value is -2.68. The van der Waals surface area contributed by atoms with Gasteiger partial charge in [-0.3, -0.25) is 19.8 Å². The van der Waals surface area contributed by atoms with Crippen molar-refractivity contribution in [3.63, 3.8) is 0 Å². The zero-order valence-corrected chi connectivity index (χ0v) is 19.5. The number of nitro groups is 1. The molecule has 0 aliphatic carbocycles. The van der Waals surface area contributed by atoms with Crippen molar-refractivity contribution in [2.45, 2.75) is 19.4 Å². The predicted molar refractivity (Wildman–Crippen MR) is 130 cm³/mol. The van der Waals surface area contributed by atoms with E-state index in [0.29, 0.717) is 35.9 Å². The van der Waals surface area contributed by atoms with E-state index in [1.165, 1.54) is 32.0 Å². The van der Waals surface area contributed by atoms with Crippen LogP contribution >= 0.6 is 11.6 Å². The number of hydrogen-bond acceptors (Lipinski definition) is 6. The van der Waals surface area contributed by atoms with Crippen LogP contribution in [0.15, 0.2) is 42.5 Å². The molecule has 33 heavy (non-hydrogen) atoms. The van der Waals surface area contributed by atoms with E-state index in [-0.39, 0.29) is 11.6 Å². The molecule has 0 atom stereocenters. The van der Waals surface area contributed by atoms with Gasteiger partial charge in [-0.2, -0.15) is 0 Å².